The molecule has 3 heteroatoms. The number of aryl methyl sites for hydroxylation is 2. The lowest BCUT2D eigenvalue weighted by atomic mass is 10.1. The normalized spacial score (nSPS) is 10.4. The second kappa shape index (κ2) is 6.60. The number of nitrogens with one attached hydrogen (secondary N) is 2. The maximum Gasteiger partial charge on any atom is 0.170 e. The first kappa shape index (κ1) is 14.0. The van der Waals surface area contributed by atoms with E-state index < -0.39 is 0 Å². The number of hydrogen-bond acceptors (Lipinski definition) is 1. The van der Waals surface area contributed by atoms with Crippen molar-refractivity contribution in [1.29, 1.82) is 0 Å². The van der Waals surface area contributed by atoms with E-state index >= 15 is 0 Å². The molecule has 0 atom stereocenters. The van der Waals surface area contributed by atoms with Gasteiger partial charge < -0.3 is 10.6 Å². The van der Waals surface area contributed by atoms with Crippen molar-refractivity contribution in [1.82, 2.24) is 5.32 Å². The fourth-order valence-corrected chi connectivity index (χ4v) is 1.69. The van der Waals surface area contributed by atoms with Crippen molar-refractivity contribution in [3.05, 3.63) is 29.3 Å². The third kappa shape index (κ3) is 5.18. The van der Waals surface area contributed by atoms with Gasteiger partial charge in [0.2, 0.25) is 0 Å². The Kier molecular flexibility index (Phi) is 5.42. The van der Waals surface area contributed by atoms with Gasteiger partial charge in [0.25, 0.3) is 0 Å². The maximum atomic E-state index is 5.24. The number of thiocarbonyl (C=S) groups is 1. The molecule has 17 heavy (non-hydrogen) atoms. The fourth-order valence-electron chi connectivity index (χ4n) is 1.47. The zero-order valence-electron chi connectivity index (χ0n) is 11.1. The van der Waals surface area contributed by atoms with Crippen molar-refractivity contribution in [2.24, 2.45) is 5.92 Å². The lowest BCUT2D eigenvalue weighted by Gasteiger charge is -2.12. The van der Waals surface area contributed by atoms with Crippen LogP contribution in [-0.4, -0.2) is 11.7 Å². The van der Waals surface area contributed by atoms with Gasteiger partial charge in [-0.05, 0) is 61.7 Å². The van der Waals surface area contributed by atoms with E-state index in [0.29, 0.717) is 11.0 Å². The summed E-state index contributed by atoms with van der Waals surface area (Å²) >= 11 is 5.24. The van der Waals surface area contributed by atoms with Gasteiger partial charge in [-0.3, -0.25) is 0 Å². The van der Waals surface area contributed by atoms with Crippen molar-refractivity contribution in [3.63, 3.8) is 0 Å². The second-order valence-electron chi connectivity index (χ2n) is 4.86. The summed E-state index contributed by atoms with van der Waals surface area (Å²) in [6.45, 7) is 9.56. The predicted octanol–water partition coefficient (Wildman–Crippen LogP) is 3.64. The topological polar surface area (TPSA) is 24.1 Å². The van der Waals surface area contributed by atoms with E-state index in [1.54, 1.807) is 0 Å². The summed E-state index contributed by atoms with van der Waals surface area (Å²) in [5.41, 5.74) is 3.63. The Bertz CT molecular complexity index is 386. The van der Waals surface area contributed by atoms with Gasteiger partial charge in [0, 0.05) is 12.2 Å². The van der Waals surface area contributed by atoms with Gasteiger partial charge in [-0.2, -0.15) is 0 Å². The van der Waals surface area contributed by atoms with Crippen LogP contribution < -0.4 is 10.6 Å². The Labute approximate surface area is 110 Å². The van der Waals surface area contributed by atoms with Crippen LogP contribution >= 0.6 is 12.2 Å². The minimum Gasteiger partial charge on any atom is -0.362 e. The molecule has 2 N–H and O–H groups in total. The molecule has 0 heterocycles. The van der Waals surface area contributed by atoms with E-state index in [9.17, 15) is 0 Å². The van der Waals surface area contributed by atoms with Crippen LogP contribution in [0.15, 0.2) is 18.2 Å². The van der Waals surface area contributed by atoms with Crippen LogP contribution in [0.2, 0.25) is 0 Å². The van der Waals surface area contributed by atoms with Crippen molar-refractivity contribution in [3.8, 4) is 0 Å². The molecule has 1 aromatic carbocycles. The van der Waals surface area contributed by atoms with Gasteiger partial charge >= 0.3 is 0 Å². The average molecular weight is 250 g/mol. The molecular formula is C14H22N2S. The summed E-state index contributed by atoms with van der Waals surface area (Å²) in [6, 6.07) is 6.28. The van der Waals surface area contributed by atoms with E-state index in [1.165, 1.54) is 11.1 Å². The Morgan fingerprint density at radius 3 is 2.53 bits per heavy atom. The summed E-state index contributed by atoms with van der Waals surface area (Å²) < 4.78 is 0. The highest BCUT2D eigenvalue weighted by Crippen LogP contribution is 2.13. The molecule has 0 bridgehead atoms. The Morgan fingerprint density at radius 2 is 1.94 bits per heavy atom. The largest absolute Gasteiger partial charge is 0.362 e. The Morgan fingerprint density at radius 1 is 1.24 bits per heavy atom. The molecule has 1 rings (SSSR count). The number of hydrogen-bond donors (Lipinski definition) is 2. The molecule has 1 aromatic rings. The molecule has 0 aliphatic heterocycles. The summed E-state index contributed by atoms with van der Waals surface area (Å²) in [5.74, 6) is 0.701. The van der Waals surface area contributed by atoms with Crippen molar-refractivity contribution in [2.45, 2.75) is 34.1 Å². The maximum absolute atomic E-state index is 5.24. The van der Waals surface area contributed by atoms with Crippen LogP contribution in [0.1, 0.15) is 31.4 Å². The highest BCUT2D eigenvalue weighted by molar-refractivity contribution is 7.80. The van der Waals surface area contributed by atoms with Crippen LogP contribution in [0, 0.1) is 19.8 Å². The van der Waals surface area contributed by atoms with Gasteiger partial charge in [0.1, 0.15) is 0 Å². The summed E-state index contributed by atoms with van der Waals surface area (Å²) in [6.07, 6.45) is 1.13. The lowest BCUT2D eigenvalue weighted by Crippen LogP contribution is -2.29. The second-order valence-corrected chi connectivity index (χ2v) is 5.27. The fraction of sp³-hybridized carbons (Fsp3) is 0.500. The molecule has 0 saturated heterocycles. The Hall–Kier alpha value is -1.09. The van der Waals surface area contributed by atoms with Crippen LogP contribution in [0.5, 0.6) is 0 Å². The van der Waals surface area contributed by atoms with Gasteiger partial charge in [-0.15, -0.1) is 0 Å². The van der Waals surface area contributed by atoms with Crippen LogP contribution in [0.3, 0.4) is 0 Å². The monoisotopic (exact) mass is 250 g/mol. The first-order chi connectivity index (χ1) is 7.99. The Balaban J connectivity index is 2.42. The molecule has 0 unspecified atom stereocenters. The third-order valence-electron chi connectivity index (χ3n) is 2.77. The van der Waals surface area contributed by atoms with Gasteiger partial charge in [0.15, 0.2) is 5.11 Å². The summed E-state index contributed by atoms with van der Waals surface area (Å²) in [7, 11) is 0. The average Bonchev–Trinajstić information content (AvgIpc) is 2.23. The predicted molar refractivity (Wildman–Crippen MR) is 79.6 cm³/mol. The number of anilines is 1. The molecule has 2 nitrogen and oxygen atoms in total. The lowest BCUT2D eigenvalue weighted by molar-refractivity contribution is 0.579. The van der Waals surface area contributed by atoms with Crippen molar-refractivity contribution < 1.29 is 0 Å². The van der Waals surface area contributed by atoms with Crippen molar-refractivity contribution in [2.75, 3.05) is 11.9 Å². The molecule has 0 fully saturated rings. The highest BCUT2D eigenvalue weighted by atomic mass is 32.1. The van der Waals surface area contributed by atoms with E-state index in [2.05, 4.69) is 56.5 Å². The van der Waals surface area contributed by atoms with E-state index in [0.717, 1.165) is 18.7 Å². The minimum atomic E-state index is 0.701. The molecular weight excluding hydrogens is 228 g/mol. The van der Waals surface area contributed by atoms with Gasteiger partial charge in [0.05, 0.1) is 0 Å². The molecule has 0 aliphatic carbocycles. The molecule has 0 saturated carbocycles. The van der Waals surface area contributed by atoms with Gasteiger partial charge in [-0.1, -0.05) is 19.9 Å². The molecule has 0 aromatic heterocycles. The summed E-state index contributed by atoms with van der Waals surface area (Å²) in [5, 5.41) is 7.12. The van der Waals surface area contributed by atoms with Crippen molar-refractivity contribution >= 4 is 23.0 Å². The first-order valence-electron chi connectivity index (χ1n) is 6.11. The number of benzene rings is 1. The van der Waals surface area contributed by atoms with E-state index in [1.807, 2.05) is 0 Å². The molecule has 0 radical (unpaired) electrons. The third-order valence-corrected chi connectivity index (χ3v) is 3.02. The summed E-state index contributed by atoms with van der Waals surface area (Å²) in [4.78, 5) is 0. The zero-order chi connectivity index (χ0) is 12.8. The van der Waals surface area contributed by atoms with Gasteiger partial charge in [-0.25, -0.2) is 0 Å². The molecule has 0 aliphatic rings. The first-order valence-corrected chi connectivity index (χ1v) is 6.52. The van der Waals surface area contributed by atoms with Crippen LogP contribution in [0.25, 0.3) is 0 Å². The van der Waals surface area contributed by atoms with E-state index in [-0.39, 0.29) is 0 Å². The standard InChI is InChI=1S/C14H22N2S/c1-10(2)7-8-15-14(17)16-13-6-5-11(3)12(4)9-13/h5-6,9-10H,7-8H2,1-4H3,(H2,15,16,17). The zero-order valence-corrected chi connectivity index (χ0v) is 11.9. The minimum absolute atomic E-state index is 0.701. The molecule has 94 valence electrons. The SMILES string of the molecule is Cc1ccc(NC(=S)NCCC(C)C)cc1C. The smallest absolute Gasteiger partial charge is 0.170 e. The molecule has 0 spiro atoms. The number of rotatable bonds is 4. The highest BCUT2D eigenvalue weighted by Gasteiger charge is 2.00. The van der Waals surface area contributed by atoms with Crippen LogP contribution in [0.4, 0.5) is 5.69 Å². The van der Waals surface area contributed by atoms with E-state index in [4.69, 9.17) is 12.2 Å². The quantitative estimate of drug-likeness (QED) is 0.798. The molecule has 0 amide bonds. The van der Waals surface area contributed by atoms with Crippen LogP contribution in [-0.2, 0) is 0 Å².